The Morgan fingerprint density at radius 1 is 1.13 bits per heavy atom. The first-order valence-corrected chi connectivity index (χ1v) is 6.17. The lowest BCUT2D eigenvalue weighted by atomic mass is 10.3. The standard InChI is InChI=1S/C12H28N2O/c1-6-14(7-2)10-12(5)13-8-9-15-11(3)4/h11-13H,6-10H2,1-5H3. The maximum Gasteiger partial charge on any atom is 0.0594 e. The van der Waals surface area contributed by atoms with Crippen LogP contribution in [-0.2, 0) is 4.74 Å². The zero-order chi connectivity index (χ0) is 11.7. The van der Waals surface area contributed by atoms with E-state index >= 15 is 0 Å². The van der Waals surface area contributed by atoms with Crippen molar-refractivity contribution >= 4 is 0 Å². The SMILES string of the molecule is CCN(CC)CC(C)NCCOC(C)C. The van der Waals surface area contributed by atoms with Gasteiger partial charge in [-0.1, -0.05) is 13.8 Å². The van der Waals surface area contributed by atoms with Crippen LogP contribution in [0, 0.1) is 0 Å². The van der Waals surface area contributed by atoms with Crippen molar-refractivity contribution in [3.05, 3.63) is 0 Å². The molecule has 0 aromatic carbocycles. The molecule has 0 radical (unpaired) electrons. The van der Waals surface area contributed by atoms with E-state index in [1.54, 1.807) is 0 Å². The Bertz CT molecular complexity index is 136. The van der Waals surface area contributed by atoms with Gasteiger partial charge in [-0.15, -0.1) is 0 Å². The van der Waals surface area contributed by atoms with Crippen LogP contribution in [0.5, 0.6) is 0 Å². The molecule has 0 aliphatic rings. The molecule has 1 N–H and O–H groups in total. The van der Waals surface area contributed by atoms with Crippen molar-refractivity contribution in [2.45, 2.75) is 46.8 Å². The van der Waals surface area contributed by atoms with E-state index in [1.807, 2.05) is 0 Å². The lowest BCUT2D eigenvalue weighted by Gasteiger charge is -2.23. The third kappa shape index (κ3) is 8.85. The highest BCUT2D eigenvalue weighted by Gasteiger charge is 2.05. The second-order valence-corrected chi connectivity index (χ2v) is 4.26. The van der Waals surface area contributed by atoms with E-state index in [9.17, 15) is 0 Å². The summed E-state index contributed by atoms with van der Waals surface area (Å²) >= 11 is 0. The fourth-order valence-corrected chi connectivity index (χ4v) is 1.53. The summed E-state index contributed by atoms with van der Waals surface area (Å²) in [6.07, 6.45) is 0.338. The van der Waals surface area contributed by atoms with E-state index in [-0.39, 0.29) is 0 Å². The fraction of sp³-hybridized carbons (Fsp3) is 1.00. The average molecular weight is 216 g/mol. The van der Waals surface area contributed by atoms with Gasteiger partial charge < -0.3 is 15.0 Å². The van der Waals surface area contributed by atoms with Gasteiger partial charge in [-0.2, -0.15) is 0 Å². The summed E-state index contributed by atoms with van der Waals surface area (Å²) in [6, 6.07) is 0.542. The quantitative estimate of drug-likeness (QED) is 0.594. The van der Waals surface area contributed by atoms with Crippen LogP contribution in [0.1, 0.15) is 34.6 Å². The maximum absolute atomic E-state index is 5.47. The highest BCUT2D eigenvalue weighted by Crippen LogP contribution is 1.92. The Labute approximate surface area is 95.2 Å². The van der Waals surface area contributed by atoms with Crippen molar-refractivity contribution < 1.29 is 4.74 Å². The molecule has 0 rings (SSSR count). The van der Waals surface area contributed by atoms with Crippen LogP contribution < -0.4 is 5.32 Å². The van der Waals surface area contributed by atoms with Crippen LogP contribution in [0.3, 0.4) is 0 Å². The second-order valence-electron chi connectivity index (χ2n) is 4.26. The van der Waals surface area contributed by atoms with Crippen molar-refractivity contribution in [3.63, 3.8) is 0 Å². The summed E-state index contributed by atoms with van der Waals surface area (Å²) in [5.74, 6) is 0. The molecule has 0 saturated carbocycles. The number of likely N-dealkylation sites (N-methyl/N-ethyl adjacent to an activating group) is 1. The third-order valence-corrected chi connectivity index (χ3v) is 2.47. The van der Waals surface area contributed by atoms with Gasteiger partial charge in [0.1, 0.15) is 0 Å². The van der Waals surface area contributed by atoms with Crippen LogP contribution in [0.25, 0.3) is 0 Å². The predicted octanol–water partition coefficient (Wildman–Crippen LogP) is 1.73. The van der Waals surface area contributed by atoms with E-state index < -0.39 is 0 Å². The van der Waals surface area contributed by atoms with Gasteiger partial charge in [-0.05, 0) is 33.9 Å². The maximum atomic E-state index is 5.47. The molecule has 0 heterocycles. The minimum Gasteiger partial charge on any atom is -0.377 e. The molecule has 0 fully saturated rings. The Balaban J connectivity index is 3.43. The molecule has 1 atom stereocenters. The zero-order valence-corrected chi connectivity index (χ0v) is 11.0. The first kappa shape index (κ1) is 14.9. The lowest BCUT2D eigenvalue weighted by Crippen LogP contribution is -2.40. The summed E-state index contributed by atoms with van der Waals surface area (Å²) in [7, 11) is 0. The van der Waals surface area contributed by atoms with Gasteiger partial charge in [0.15, 0.2) is 0 Å². The molecule has 0 aliphatic heterocycles. The van der Waals surface area contributed by atoms with E-state index in [0.29, 0.717) is 12.1 Å². The lowest BCUT2D eigenvalue weighted by molar-refractivity contribution is 0.0788. The molecule has 3 heteroatoms. The van der Waals surface area contributed by atoms with Crippen molar-refractivity contribution in [1.29, 1.82) is 0 Å². The molecule has 1 unspecified atom stereocenters. The number of ether oxygens (including phenoxy) is 1. The van der Waals surface area contributed by atoms with Crippen molar-refractivity contribution in [1.82, 2.24) is 10.2 Å². The van der Waals surface area contributed by atoms with Gasteiger partial charge in [-0.25, -0.2) is 0 Å². The molecule has 0 bridgehead atoms. The van der Waals surface area contributed by atoms with Crippen molar-refractivity contribution in [2.75, 3.05) is 32.8 Å². The Morgan fingerprint density at radius 3 is 2.20 bits per heavy atom. The van der Waals surface area contributed by atoms with Gasteiger partial charge in [0.05, 0.1) is 12.7 Å². The number of nitrogens with zero attached hydrogens (tertiary/aromatic N) is 1. The molecule has 0 amide bonds. The average Bonchev–Trinajstić information content (AvgIpc) is 2.20. The zero-order valence-electron chi connectivity index (χ0n) is 11.0. The van der Waals surface area contributed by atoms with Gasteiger partial charge in [0.2, 0.25) is 0 Å². The molecule has 0 saturated heterocycles. The fourth-order valence-electron chi connectivity index (χ4n) is 1.53. The van der Waals surface area contributed by atoms with Crippen LogP contribution in [0.2, 0.25) is 0 Å². The van der Waals surface area contributed by atoms with Gasteiger partial charge >= 0.3 is 0 Å². The summed E-state index contributed by atoms with van der Waals surface area (Å²) in [6.45, 7) is 15.9. The smallest absolute Gasteiger partial charge is 0.0594 e. The normalized spacial score (nSPS) is 13.8. The van der Waals surface area contributed by atoms with E-state index in [0.717, 1.165) is 32.8 Å². The Morgan fingerprint density at radius 2 is 1.73 bits per heavy atom. The van der Waals surface area contributed by atoms with Crippen LogP contribution in [0.4, 0.5) is 0 Å². The number of nitrogens with one attached hydrogen (secondary N) is 1. The minimum absolute atomic E-state index is 0.338. The molecular formula is C12H28N2O. The second kappa shape index (κ2) is 9.13. The van der Waals surface area contributed by atoms with Crippen LogP contribution >= 0.6 is 0 Å². The van der Waals surface area contributed by atoms with Gasteiger partial charge in [-0.3, -0.25) is 0 Å². The molecule has 0 aromatic heterocycles. The molecular weight excluding hydrogens is 188 g/mol. The van der Waals surface area contributed by atoms with Crippen molar-refractivity contribution in [2.24, 2.45) is 0 Å². The summed E-state index contributed by atoms with van der Waals surface area (Å²) < 4.78 is 5.47. The highest BCUT2D eigenvalue weighted by molar-refractivity contribution is 4.65. The van der Waals surface area contributed by atoms with Gasteiger partial charge in [0, 0.05) is 19.1 Å². The largest absolute Gasteiger partial charge is 0.377 e. The molecule has 92 valence electrons. The summed E-state index contributed by atoms with van der Waals surface area (Å²) in [4.78, 5) is 2.43. The van der Waals surface area contributed by atoms with E-state index in [1.165, 1.54) is 0 Å². The Kier molecular flexibility index (Phi) is 9.06. The third-order valence-electron chi connectivity index (χ3n) is 2.47. The van der Waals surface area contributed by atoms with Crippen molar-refractivity contribution in [3.8, 4) is 0 Å². The molecule has 0 aromatic rings. The number of hydrogen-bond acceptors (Lipinski definition) is 3. The number of hydrogen-bond donors (Lipinski definition) is 1. The summed E-state index contributed by atoms with van der Waals surface area (Å²) in [5, 5.41) is 3.47. The highest BCUT2D eigenvalue weighted by atomic mass is 16.5. The first-order valence-electron chi connectivity index (χ1n) is 6.17. The minimum atomic E-state index is 0.338. The number of rotatable bonds is 9. The molecule has 3 nitrogen and oxygen atoms in total. The van der Waals surface area contributed by atoms with E-state index in [4.69, 9.17) is 4.74 Å². The van der Waals surface area contributed by atoms with E-state index in [2.05, 4.69) is 44.8 Å². The van der Waals surface area contributed by atoms with Crippen LogP contribution in [0.15, 0.2) is 0 Å². The summed E-state index contributed by atoms with van der Waals surface area (Å²) in [5.41, 5.74) is 0. The molecule has 15 heavy (non-hydrogen) atoms. The topological polar surface area (TPSA) is 24.5 Å². The van der Waals surface area contributed by atoms with Gasteiger partial charge in [0.25, 0.3) is 0 Å². The van der Waals surface area contributed by atoms with Crippen LogP contribution in [-0.4, -0.2) is 49.8 Å². The predicted molar refractivity (Wildman–Crippen MR) is 66.3 cm³/mol. The Hall–Kier alpha value is -0.120. The molecule has 0 spiro atoms. The molecule has 0 aliphatic carbocycles. The first-order chi connectivity index (χ1) is 7.10. The monoisotopic (exact) mass is 216 g/mol.